The molecule has 0 aromatic heterocycles. The molecule has 1 amide bonds. The standard InChI is InChI=1S/C30H32N2O7/c1-4-15-6-5-14(13-32(2)3)9-19(15)18-7-8-21(33)24-20(18)11-16-10-17-12-22(34)25(29(31)38)28(37)30(17,39)27(36)23(16)26(24)35/h5-9,16-17,33,35,37,39H,4,10-13H2,1-3H3,(H2,31,38)/t16-,17+,30+/m1/s1. The second-order valence-electron chi connectivity index (χ2n) is 11.0. The lowest BCUT2D eigenvalue weighted by atomic mass is 9.59. The summed E-state index contributed by atoms with van der Waals surface area (Å²) in [4.78, 5) is 40.2. The number of primary amides is 1. The van der Waals surface area contributed by atoms with Crippen LogP contribution in [0.4, 0.5) is 0 Å². The maximum atomic E-state index is 13.7. The van der Waals surface area contributed by atoms with Crippen molar-refractivity contribution >= 4 is 23.2 Å². The predicted molar refractivity (Wildman–Crippen MR) is 144 cm³/mol. The van der Waals surface area contributed by atoms with E-state index in [4.69, 9.17) is 5.73 Å². The zero-order valence-electron chi connectivity index (χ0n) is 22.1. The van der Waals surface area contributed by atoms with Gasteiger partial charge >= 0.3 is 0 Å². The average molecular weight is 533 g/mol. The van der Waals surface area contributed by atoms with Crippen LogP contribution in [0.15, 0.2) is 47.2 Å². The molecule has 0 saturated heterocycles. The molecule has 0 bridgehead atoms. The maximum absolute atomic E-state index is 13.7. The van der Waals surface area contributed by atoms with E-state index < -0.39 is 52.0 Å². The van der Waals surface area contributed by atoms with Crippen molar-refractivity contribution in [2.45, 2.75) is 44.8 Å². The van der Waals surface area contributed by atoms with E-state index in [0.29, 0.717) is 5.56 Å². The number of phenolic OH excluding ortho intramolecular Hbond substituents is 1. The summed E-state index contributed by atoms with van der Waals surface area (Å²) in [6, 6.07) is 9.52. The first kappa shape index (κ1) is 26.6. The van der Waals surface area contributed by atoms with Crippen LogP contribution in [0.5, 0.6) is 5.75 Å². The molecule has 3 atom stereocenters. The third kappa shape index (κ3) is 3.95. The summed E-state index contributed by atoms with van der Waals surface area (Å²) >= 11 is 0. The molecule has 9 nitrogen and oxygen atoms in total. The number of aliphatic hydroxyl groups is 3. The van der Waals surface area contributed by atoms with Crippen LogP contribution in [0.25, 0.3) is 16.9 Å². The minimum absolute atomic E-state index is 0.0965. The number of benzene rings is 2. The monoisotopic (exact) mass is 532 g/mol. The van der Waals surface area contributed by atoms with Crippen LogP contribution in [0.1, 0.15) is 42.0 Å². The summed E-state index contributed by atoms with van der Waals surface area (Å²) in [7, 11) is 3.97. The average Bonchev–Trinajstić information content (AvgIpc) is 2.85. The van der Waals surface area contributed by atoms with Gasteiger partial charge in [0.2, 0.25) is 5.78 Å². The van der Waals surface area contributed by atoms with Crippen LogP contribution in [-0.4, -0.2) is 62.5 Å². The van der Waals surface area contributed by atoms with E-state index in [9.17, 15) is 34.8 Å². The summed E-state index contributed by atoms with van der Waals surface area (Å²) in [5, 5.41) is 44.4. The second kappa shape index (κ2) is 9.36. The largest absolute Gasteiger partial charge is 0.508 e. The van der Waals surface area contributed by atoms with Gasteiger partial charge in [-0.3, -0.25) is 14.4 Å². The number of phenols is 1. The van der Waals surface area contributed by atoms with E-state index >= 15 is 0 Å². The Kier molecular flexibility index (Phi) is 6.39. The Morgan fingerprint density at radius 2 is 1.79 bits per heavy atom. The summed E-state index contributed by atoms with van der Waals surface area (Å²) in [5.74, 6) is -6.34. The number of ketones is 2. The molecule has 9 heteroatoms. The molecular weight excluding hydrogens is 500 g/mol. The number of amides is 1. The van der Waals surface area contributed by atoms with Crippen molar-refractivity contribution in [2.75, 3.05) is 14.1 Å². The molecular formula is C30H32N2O7. The number of nitrogens with two attached hydrogens (primary N) is 1. The van der Waals surface area contributed by atoms with Crippen LogP contribution >= 0.6 is 0 Å². The Balaban J connectivity index is 1.70. The molecule has 2 aromatic rings. The number of aryl methyl sites for hydroxylation is 1. The van der Waals surface area contributed by atoms with E-state index in [1.165, 1.54) is 6.07 Å². The highest BCUT2D eigenvalue weighted by molar-refractivity contribution is 6.22. The van der Waals surface area contributed by atoms with Gasteiger partial charge < -0.3 is 31.1 Å². The molecule has 6 N–H and O–H groups in total. The van der Waals surface area contributed by atoms with Gasteiger partial charge in [0, 0.05) is 24.5 Å². The minimum atomic E-state index is -2.57. The number of nitrogens with zero attached hydrogens (tertiary/aromatic N) is 1. The summed E-state index contributed by atoms with van der Waals surface area (Å²) < 4.78 is 0. The lowest BCUT2D eigenvalue weighted by Crippen LogP contribution is -2.58. The fraction of sp³-hybridized carbons (Fsp3) is 0.367. The van der Waals surface area contributed by atoms with Crippen LogP contribution < -0.4 is 5.73 Å². The second-order valence-corrected chi connectivity index (χ2v) is 11.0. The van der Waals surface area contributed by atoms with Crippen LogP contribution in [0.3, 0.4) is 0 Å². The number of carbonyl (C=O) groups excluding carboxylic acids is 3. The molecule has 3 aliphatic carbocycles. The molecule has 1 saturated carbocycles. The predicted octanol–water partition coefficient (Wildman–Crippen LogP) is 2.71. The number of hydrogen-bond donors (Lipinski definition) is 5. The van der Waals surface area contributed by atoms with Gasteiger partial charge in [0.1, 0.15) is 22.8 Å². The summed E-state index contributed by atoms with van der Waals surface area (Å²) in [6.07, 6.45) is 0.771. The molecule has 0 unspecified atom stereocenters. The van der Waals surface area contributed by atoms with Crippen LogP contribution in [-0.2, 0) is 33.8 Å². The molecule has 0 heterocycles. The Hall–Kier alpha value is -3.95. The van der Waals surface area contributed by atoms with Crippen molar-refractivity contribution in [1.29, 1.82) is 0 Å². The number of Topliss-reactive ketones (excluding diaryl/α,β-unsaturated/α-hetero) is 2. The van der Waals surface area contributed by atoms with Crippen molar-refractivity contribution in [3.05, 3.63) is 69.5 Å². The molecule has 0 aliphatic heterocycles. The van der Waals surface area contributed by atoms with Crippen molar-refractivity contribution < 1.29 is 34.8 Å². The molecule has 39 heavy (non-hydrogen) atoms. The lowest BCUT2D eigenvalue weighted by molar-refractivity contribution is -0.147. The first-order valence-electron chi connectivity index (χ1n) is 13.0. The lowest BCUT2D eigenvalue weighted by Gasteiger charge is -2.46. The van der Waals surface area contributed by atoms with Gasteiger partial charge in [-0.15, -0.1) is 0 Å². The van der Waals surface area contributed by atoms with Crippen molar-refractivity contribution in [2.24, 2.45) is 17.6 Å². The fourth-order valence-electron chi connectivity index (χ4n) is 6.52. The SMILES string of the molecule is CCc1ccc(CN(C)C)cc1-c1ccc(O)c2c1C[C@H]1C[C@H]3CC(=O)C(C(N)=O)=C(O)[C@@]3(O)C(=O)C1=C2O. The van der Waals surface area contributed by atoms with E-state index in [2.05, 4.69) is 23.1 Å². The molecule has 0 spiro atoms. The highest BCUT2D eigenvalue weighted by atomic mass is 16.3. The van der Waals surface area contributed by atoms with Crippen molar-refractivity contribution in [3.8, 4) is 16.9 Å². The molecule has 5 rings (SSSR count). The van der Waals surface area contributed by atoms with Gasteiger partial charge in [0.15, 0.2) is 11.4 Å². The number of carbonyl (C=O) groups is 3. The van der Waals surface area contributed by atoms with E-state index in [0.717, 1.165) is 35.2 Å². The van der Waals surface area contributed by atoms with Crippen molar-refractivity contribution in [3.63, 3.8) is 0 Å². The number of fused-ring (bicyclic) bond motifs is 3. The Labute approximate surface area is 225 Å². The number of aliphatic hydroxyl groups excluding tert-OH is 2. The fourth-order valence-corrected chi connectivity index (χ4v) is 6.52. The number of rotatable bonds is 5. The molecule has 0 radical (unpaired) electrons. The van der Waals surface area contributed by atoms with Gasteiger partial charge in [-0.1, -0.05) is 25.1 Å². The van der Waals surface area contributed by atoms with Crippen LogP contribution in [0, 0.1) is 11.8 Å². The Morgan fingerprint density at radius 3 is 2.44 bits per heavy atom. The summed E-state index contributed by atoms with van der Waals surface area (Å²) in [5.41, 5.74) is 6.45. The highest BCUT2D eigenvalue weighted by Crippen LogP contribution is 2.53. The first-order valence-corrected chi connectivity index (χ1v) is 13.0. The van der Waals surface area contributed by atoms with E-state index in [1.807, 2.05) is 21.0 Å². The minimum Gasteiger partial charge on any atom is -0.508 e. The van der Waals surface area contributed by atoms with Gasteiger partial charge in [-0.05, 0) is 79.2 Å². The zero-order valence-corrected chi connectivity index (χ0v) is 22.1. The quantitative estimate of drug-likeness (QED) is 0.367. The maximum Gasteiger partial charge on any atom is 0.255 e. The zero-order chi connectivity index (χ0) is 28.4. The smallest absolute Gasteiger partial charge is 0.255 e. The van der Waals surface area contributed by atoms with Gasteiger partial charge in [0.05, 0.1) is 5.56 Å². The summed E-state index contributed by atoms with van der Waals surface area (Å²) in [6.45, 7) is 2.77. The third-order valence-corrected chi connectivity index (χ3v) is 8.29. The van der Waals surface area contributed by atoms with Gasteiger partial charge in [0.25, 0.3) is 5.91 Å². The molecule has 204 valence electrons. The molecule has 1 fully saturated rings. The highest BCUT2D eigenvalue weighted by Gasteiger charge is 2.60. The van der Waals surface area contributed by atoms with E-state index in [-0.39, 0.29) is 36.1 Å². The first-order chi connectivity index (χ1) is 18.4. The van der Waals surface area contributed by atoms with Crippen LogP contribution in [0.2, 0.25) is 0 Å². The van der Waals surface area contributed by atoms with Crippen molar-refractivity contribution in [1.82, 2.24) is 4.90 Å². The van der Waals surface area contributed by atoms with Gasteiger partial charge in [-0.2, -0.15) is 0 Å². The Bertz CT molecular complexity index is 1500. The normalized spacial score (nSPS) is 24.5. The van der Waals surface area contributed by atoms with Gasteiger partial charge in [-0.25, -0.2) is 0 Å². The topological polar surface area (TPSA) is 161 Å². The number of aromatic hydroxyl groups is 1. The third-order valence-electron chi connectivity index (χ3n) is 8.29. The molecule has 3 aliphatic rings. The number of hydrogen-bond acceptors (Lipinski definition) is 8. The Morgan fingerprint density at radius 1 is 1.08 bits per heavy atom. The molecule has 2 aromatic carbocycles. The van der Waals surface area contributed by atoms with E-state index in [1.54, 1.807) is 6.07 Å².